The molecule has 0 heterocycles. The smallest absolute Gasteiger partial charge is 0.175 e. The van der Waals surface area contributed by atoms with E-state index in [-0.39, 0.29) is 17.8 Å². The standard InChI is InChI=1S/C14H20O2/c1-5-11-6-8-12(9-7-11)16-10-13(15)14(2,3)4/h6-9H,5,10H2,1-4H3. The van der Waals surface area contributed by atoms with E-state index < -0.39 is 0 Å². The van der Waals surface area contributed by atoms with Gasteiger partial charge >= 0.3 is 0 Å². The molecule has 88 valence electrons. The lowest BCUT2D eigenvalue weighted by atomic mass is 9.91. The molecule has 2 heteroatoms. The maximum Gasteiger partial charge on any atom is 0.175 e. The first kappa shape index (κ1) is 12.8. The average Bonchev–Trinajstić information content (AvgIpc) is 2.25. The Hall–Kier alpha value is -1.31. The molecule has 0 N–H and O–H groups in total. The first-order valence-electron chi connectivity index (χ1n) is 5.68. The van der Waals surface area contributed by atoms with Gasteiger partial charge in [0.15, 0.2) is 5.78 Å². The highest BCUT2D eigenvalue weighted by molar-refractivity contribution is 5.85. The van der Waals surface area contributed by atoms with E-state index in [9.17, 15) is 4.79 Å². The highest BCUT2D eigenvalue weighted by Crippen LogP contribution is 2.17. The Morgan fingerprint density at radius 2 is 1.75 bits per heavy atom. The molecule has 0 aliphatic carbocycles. The fraction of sp³-hybridized carbons (Fsp3) is 0.500. The van der Waals surface area contributed by atoms with Gasteiger partial charge in [0.05, 0.1) is 0 Å². The summed E-state index contributed by atoms with van der Waals surface area (Å²) < 4.78 is 5.44. The van der Waals surface area contributed by atoms with Gasteiger partial charge in [-0.15, -0.1) is 0 Å². The van der Waals surface area contributed by atoms with Crippen LogP contribution in [0.15, 0.2) is 24.3 Å². The average molecular weight is 220 g/mol. The lowest BCUT2D eigenvalue weighted by molar-refractivity contribution is -0.128. The zero-order chi connectivity index (χ0) is 12.2. The molecule has 0 spiro atoms. The maximum absolute atomic E-state index is 11.6. The van der Waals surface area contributed by atoms with Crippen LogP contribution in [0.4, 0.5) is 0 Å². The van der Waals surface area contributed by atoms with E-state index in [1.54, 1.807) is 0 Å². The molecular formula is C14H20O2. The number of rotatable bonds is 4. The zero-order valence-corrected chi connectivity index (χ0v) is 10.5. The summed E-state index contributed by atoms with van der Waals surface area (Å²) in [7, 11) is 0. The van der Waals surface area contributed by atoms with Crippen LogP contribution in [0.3, 0.4) is 0 Å². The second-order valence-corrected chi connectivity index (χ2v) is 4.96. The predicted molar refractivity (Wildman–Crippen MR) is 65.8 cm³/mol. The van der Waals surface area contributed by atoms with Crippen LogP contribution in [-0.2, 0) is 11.2 Å². The summed E-state index contributed by atoms with van der Waals surface area (Å²) in [5, 5.41) is 0. The molecule has 0 unspecified atom stereocenters. The largest absolute Gasteiger partial charge is 0.486 e. The number of aryl methyl sites for hydroxylation is 1. The minimum atomic E-state index is -0.330. The fourth-order valence-corrected chi connectivity index (χ4v) is 1.19. The second-order valence-electron chi connectivity index (χ2n) is 4.96. The van der Waals surface area contributed by atoms with Gasteiger partial charge in [0.25, 0.3) is 0 Å². The summed E-state index contributed by atoms with van der Waals surface area (Å²) in [5.74, 6) is 0.877. The minimum Gasteiger partial charge on any atom is -0.486 e. The van der Waals surface area contributed by atoms with Gasteiger partial charge in [-0.25, -0.2) is 0 Å². The van der Waals surface area contributed by atoms with E-state index in [0.29, 0.717) is 0 Å². The number of hydrogen-bond donors (Lipinski definition) is 0. The van der Waals surface area contributed by atoms with Gasteiger partial charge in [0.1, 0.15) is 12.4 Å². The molecule has 1 rings (SSSR count). The summed E-state index contributed by atoms with van der Waals surface area (Å²) in [4.78, 5) is 11.6. The molecule has 1 aromatic rings. The lowest BCUT2D eigenvalue weighted by Gasteiger charge is -2.16. The lowest BCUT2D eigenvalue weighted by Crippen LogP contribution is -2.26. The van der Waals surface area contributed by atoms with Crippen molar-refractivity contribution in [3.63, 3.8) is 0 Å². The van der Waals surface area contributed by atoms with Crippen molar-refractivity contribution >= 4 is 5.78 Å². The summed E-state index contributed by atoms with van der Waals surface area (Å²) >= 11 is 0. The van der Waals surface area contributed by atoms with Crippen LogP contribution in [0, 0.1) is 5.41 Å². The molecule has 0 amide bonds. The van der Waals surface area contributed by atoms with Crippen LogP contribution in [-0.4, -0.2) is 12.4 Å². The van der Waals surface area contributed by atoms with Gasteiger partial charge in [0, 0.05) is 5.41 Å². The van der Waals surface area contributed by atoms with Gasteiger partial charge in [0.2, 0.25) is 0 Å². The van der Waals surface area contributed by atoms with Crippen molar-refractivity contribution in [2.45, 2.75) is 34.1 Å². The number of Topliss-reactive ketones (excluding diaryl/α,β-unsaturated/α-hetero) is 1. The molecule has 0 atom stereocenters. The van der Waals surface area contributed by atoms with Crippen molar-refractivity contribution < 1.29 is 9.53 Å². The molecule has 2 nitrogen and oxygen atoms in total. The van der Waals surface area contributed by atoms with Crippen LogP contribution in [0.2, 0.25) is 0 Å². The SMILES string of the molecule is CCc1ccc(OCC(=O)C(C)(C)C)cc1. The van der Waals surface area contributed by atoms with Gasteiger partial charge < -0.3 is 4.74 Å². The quantitative estimate of drug-likeness (QED) is 0.778. The number of benzene rings is 1. The van der Waals surface area contributed by atoms with Gasteiger partial charge in [-0.1, -0.05) is 39.8 Å². The normalized spacial score (nSPS) is 11.2. The first-order chi connectivity index (χ1) is 7.43. The Morgan fingerprint density at radius 1 is 1.19 bits per heavy atom. The Morgan fingerprint density at radius 3 is 2.19 bits per heavy atom. The Kier molecular flexibility index (Phi) is 4.11. The molecule has 16 heavy (non-hydrogen) atoms. The molecule has 0 aromatic heterocycles. The van der Waals surface area contributed by atoms with E-state index >= 15 is 0 Å². The summed E-state index contributed by atoms with van der Waals surface area (Å²) in [6, 6.07) is 7.87. The second kappa shape index (κ2) is 5.15. The Labute approximate surface area is 97.6 Å². The molecule has 0 aliphatic rings. The third kappa shape index (κ3) is 3.69. The molecule has 0 radical (unpaired) electrons. The Balaban J connectivity index is 2.52. The minimum absolute atomic E-state index is 0.118. The van der Waals surface area contributed by atoms with Crippen LogP contribution in [0.5, 0.6) is 5.75 Å². The van der Waals surface area contributed by atoms with Crippen molar-refractivity contribution in [1.82, 2.24) is 0 Å². The van der Waals surface area contributed by atoms with E-state index in [4.69, 9.17) is 4.74 Å². The van der Waals surface area contributed by atoms with E-state index in [0.717, 1.165) is 12.2 Å². The monoisotopic (exact) mass is 220 g/mol. The van der Waals surface area contributed by atoms with E-state index in [1.807, 2.05) is 45.0 Å². The number of hydrogen-bond acceptors (Lipinski definition) is 2. The first-order valence-corrected chi connectivity index (χ1v) is 5.68. The summed E-state index contributed by atoms with van der Waals surface area (Å²) in [6.07, 6.45) is 1.02. The molecule has 0 bridgehead atoms. The van der Waals surface area contributed by atoms with Crippen molar-refractivity contribution in [3.05, 3.63) is 29.8 Å². The number of ether oxygens (including phenoxy) is 1. The Bertz CT molecular complexity index is 344. The molecular weight excluding hydrogens is 200 g/mol. The highest BCUT2D eigenvalue weighted by atomic mass is 16.5. The number of carbonyl (C=O) groups excluding carboxylic acids is 1. The molecule has 0 saturated heterocycles. The molecule has 0 saturated carbocycles. The topological polar surface area (TPSA) is 26.3 Å². The van der Waals surface area contributed by atoms with Crippen molar-refractivity contribution in [2.75, 3.05) is 6.61 Å². The van der Waals surface area contributed by atoms with Crippen molar-refractivity contribution in [1.29, 1.82) is 0 Å². The number of ketones is 1. The molecule has 0 fully saturated rings. The summed E-state index contributed by atoms with van der Waals surface area (Å²) in [5.41, 5.74) is 0.943. The molecule has 0 aliphatic heterocycles. The van der Waals surface area contributed by atoms with Crippen molar-refractivity contribution in [2.24, 2.45) is 5.41 Å². The van der Waals surface area contributed by atoms with Gasteiger partial charge in [-0.3, -0.25) is 4.79 Å². The van der Waals surface area contributed by atoms with Gasteiger partial charge in [-0.05, 0) is 24.1 Å². The third-order valence-corrected chi connectivity index (χ3v) is 2.54. The van der Waals surface area contributed by atoms with Crippen LogP contribution in [0.25, 0.3) is 0 Å². The number of carbonyl (C=O) groups is 1. The van der Waals surface area contributed by atoms with Crippen LogP contribution in [0.1, 0.15) is 33.3 Å². The fourth-order valence-electron chi connectivity index (χ4n) is 1.19. The zero-order valence-electron chi connectivity index (χ0n) is 10.5. The molecule has 1 aromatic carbocycles. The maximum atomic E-state index is 11.6. The van der Waals surface area contributed by atoms with E-state index in [1.165, 1.54) is 5.56 Å². The van der Waals surface area contributed by atoms with Crippen LogP contribution < -0.4 is 4.74 Å². The third-order valence-electron chi connectivity index (χ3n) is 2.54. The highest BCUT2D eigenvalue weighted by Gasteiger charge is 2.21. The van der Waals surface area contributed by atoms with Gasteiger partial charge in [-0.2, -0.15) is 0 Å². The summed E-state index contributed by atoms with van der Waals surface area (Å²) in [6.45, 7) is 7.96. The van der Waals surface area contributed by atoms with Crippen LogP contribution >= 0.6 is 0 Å². The van der Waals surface area contributed by atoms with Crippen molar-refractivity contribution in [3.8, 4) is 5.75 Å². The predicted octanol–water partition coefficient (Wildman–Crippen LogP) is 3.24. The van der Waals surface area contributed by atoms with E-state index in [2.05, 4.69) is 6.92 Å².